The summed E-state index contributed by atoms with van der Waals surface area (Å²) in [4.78, 5) is 36.8. The Balaban J connectivity index is 3.26. The van der Waals surface area contributed by atoms with Gasteiger partial charge in [0.2, 0.25) is 5.78 Å². The van der Waals surface area contributed by atoms with Crippen molar-refractivity contribution in [2.75, 3.05) is 20.3 Å². The van der Waals surface area contributed by atoms with E-state index in [0.29, 0.717) is 0 Å². The van der Waals surface area contributed by atoms with E-state index >= 15 is 0 Å². The molecule has 1 unspecified atom stereocenters. The second kappa shape index (κ2) is 10.4. The molecule has 144 valence electrons. The summed E-state index contributed by atoms with van der Waals surface area (Å²) in [6.45, 7) is 5.16. The minimum atomic E-state index is -1.39. The summed E-state index contributed by atoms with van der Waals surface area (Å²) in [6.07, 6.45) is 1.14. The molecule has 1 N–H and O–H groups in total. The van der Waals surface area contributed by atoms with Crippen molar-refractivity contribution in [3.63, 3.8) is 0 Å². The van der Waals surface area contributed by atoms with Crippen LogP contribution in [0.2, 0.25) is 10.3 Å². The number of aliphatic hydroxyl groups excluding tert-OH is 1. The van der Waals surface area contributed by atoms with Gasteiger partial charge in [-0.2, -0.15) is 4.98 Å². The van der Waals surface area contributed by atoms with Crippen molar-refractivity contribution in [3.8, 4) is 5.88 Å². The number of aliphatic imine (C=N–C) groups is 1. The second-order valence-electron chi connectivity index (χ2n) is 5.55. The van der Waals surface area contributed by atoms with Crippen LogP contribution in [0.4, 0.5) is 0 Å². The average molecular weight is 406 g/mol. The third-order valence-electron chi connectivity index (χ3n) is 3.41. The molecule has 1 aromatic heterocycles. The summed E-state index contributed by atoms with van der Waals surface area (Å²) in [5, 5.41) is 8.92. The van der Waals surface area contributed by atoms with Crippen LogP contribution in [-0.2, 0) is 9.53 Å². The maximum Gasteiger partial charge on any atom is 0.322 e. The van der Waals surface area contributed by atoms with Gasteiger partial charge in [-0.25, -0.2) is 4.98 Å². The zero-order valence-corrected chi connectivity index (χ0v) is 16.4. The number of hydrogen-bond donors (Lipinski definition) is 1. The van der Waals surface area contributed by atoms with Crippen LogP contribution in [-0.4, -0.2) is 59.4 Å². The first-order valence-corrected chi connectivity index (χ1v) is 8.64. The summed E-state index contributed by atoms with van der Waals surface area (Å²) in [5.41, 5.74) is -0.299. The van der Waals surface area contributed by atoms with E-state index in [1.54, 1.807) is 6.92 Å². The zero-order valence-electron chi connectivity index (χ0n) is 14.9. The average Bonchev–Trinajstić information content (AvgIpc) is 2.59. The molecule has 0 aliphatic carbocycles. The van der Waals surface area contributed by atoms with Crippen molar-refractivity contribution in [2.24, 2.45) is 16.8 Å². The van der Waals surface area contributed by atoms with Crippen LogP contribution in [0.25, 0.3) is 0 Å². The molecule has 0 saturated carbocycles. The quantitative estimate of drug-likeness (QED) is 0.290. The summed E-state index contributed by atoms with van der Waals surface area (Å²) in [6, 6.07) is -0.472. The third-order valence-corrected chi connectivity index (χ3v) is 3.92. The number of nitrogens with zero attached hydrogens (tertiary/aromatic N) is 3. The normalized spacial score (nSPS) is 13.7. The number of aromatic nitrogens is 2. The minimum absolute atomic E-state index is 0.00741. The Kier molecular flexibility index (Phi) is 8.91. The Morgan fingerprint density at radius 2 is 1.92 bits per heavy atom. The van der Waals surface area contributed by atoms with Crippen molar-refractivity contribution >= 4 is 41.2 Å². The molecule has 1 aromatic rings. The number of carbonyl (C=O) groups excluding carboxylic acids is 2. The second-order valence-corrected chi connectivity index (χ2v) is 6.27. The molecule has 8 nitrogen and oxygen atoms in total. The van der Waals surface area contributed by atoms with Crippen molar-refractivity contribution in [1.82, 2.24) is 9.97 Å². The van der Waals surface area contributed by atoms with Crippen LogP contribution < -0.4 is 4.74 Å². The van der Waals surface area contributed by atoms with Crippen molar-refractivity contribution in [2.45, 2.75) is 26.8 Å². The molecule has 0 radical (unpaired) electrons. The Bertz CT molecular complexity index is 682. The number of aliphatic hydroxyl groups is 1. The lowest BCUT2D eigenvalue weighted by Gasteiger charge is -2.15. The highest BCUT2D eigenvalue weighted by Gasteiger charge is 2.32. The largest absolute Gasteiger partial charge is 0.479 e. The van der Waals surface area contributed by atoms with Crippen molar-refractivity contribution in [1.29, 1.82) is 0 Å². The van der Waals surface area contributed by atoms with Crippen molar-refractivity contribution in [3.05, 3.63) is 16.0 Å². The van der Waals surface area contributed by atoms with Crippen LogP contribution in [0.5, 0.6) is 5.88 Å². The molecule has 0 aliphatic heterocycles. The fourth-order valence-corrected chi connectivity index (χ4v) is 2.32. The van der Waals surface area contributed by atoms with E-state index in [0.717, 1.165) is 6.21 Å². The molecule has 0 fully saturated rings. The van der Waals surface area contributed by atoms with Gasteiger partial charge in [0, 0.05) is 6.21 Å². The number of halogens is 2. The monoisotopic (exact) mass is 405 g/mol. The van der Waals surface area contributed by atoms with E-state index < -0.39 is 23.7 Å². The number of rotatable bonds is 9. The van der Waals surface area contributed by atoms with Gasteiger partial charge in [-0.3, -0.25) is 14.6 Å². The maximum absolute atomic E-state index is 12.8. The summed E-state index contributed by atoms with van der Waals surface area (Å²) >= 11 is 11.9. The zero-order chi connectivity index (χ0) is 19.9. The number of carbonyl (C=O) groups is 2. The highest BCUT2D eigenvalue weighted by atomic mass is 35.5. The van der Waals surface area contributed by atoms with E-state index in [9.17, 15) is 14.7 Å². The summed E-state index contributed by atoms with van der Waals surface area (Å²) < 4.78 is 9.81. The number of hydrogen-bond acceptors (Lipinski definition) is 8. The molecule has 0 aliphatic rings. The molecular weight excluding hydrogens is 385 g/mol. The van der Waals surface area contributed by atoms with Crippen LogP contribution in [0.15, 0.2) is 4.99 Å². The molecule has 2 atom stereocenters. The van der Waals surface area contributed by atoms with E-state index in [1.165, 1.54) is 7.11 Å². The number of ketones is 1. The van der Waals surface area contributed by atoms with Gasteiger partial charge in [-0.1, -0.05) is 37.0 Å². The van der Waals surface area contributed by atoms with Crippen LogP contribution >= 0.6 is 23.2 Å². The lowest BCUT2D eigenvalue weighted by Crippen LogP contribution is -2.30. The molecule has 0 aromatic carbocycles. The van der Waals surface area contributed by atoms with Gasteiger partial charge in [0.1, 0.15) is 5.69 Å². The van der Waals surface area contributed by atoms with Crippen LogP contribution in [0.1, 0.15) is 31.3 Å². The van der Waals surface area contributed by atoms with Gasteiger partial charge in [0.05, 0.1) is 26.4 Å². The predicted octanol–water partition coefficient (Wildman–Crippen LogP) is 2.24. The SMILES string of the molecule is CCOC(=O)C(C=N[C@H](CO)C(C)C)C(=O)c1nc(Cl)c(OC)nc1Cl. The smallest absolute Gasteiger partial charge is 0.322 e. The number of Topliss-reactive ketones (excluding diaryl/α,β-unsaturated/α-hetero) is 1. The van der Waals surface area contributed by atoms with E-state index in [4.69, 9.17) is 32.7 Å². The van der Waals surface area contributed by atoms with Gasteiger partial charge in [0.25, 0.3) is 5.88 Å². The number of ether oxygens (including phenoxy) is 2. The number of methoxy groups -OCH3 is 1. The Morgan fingerprint density at radius 1 is 1.27 bits per heavy atom. The first kappa shape index (κ1) is 22.3. The highest BCUT2D eigenvalue weighted by molar-refractivity contribution is 6.35. The Hall–Kier alpha value is -1.77. The maximum atomic E-state index is 12.8. The van der Waals surface area contributed by atoms with Crippen LogP contribution in [0.3, 0.4) is 0 Å². The minimum Gasteiger partial charge on any atom is -0.479 e. The van der Waals surface area contributed by atoms with E-state index in [1.807, 2.05) is 13.8 Å². The molecule has 0 saturated heterocycles. The Morgan fingerprint density at radius 3 is 2.42 bits per heavy atom. The molecule has 0 amide bonds. The molecular formula is C16H21Cl2N3O5. The van der Waals surface area contributed by atoms with E-state index in [2.05, 4.69) is 15.0 Å². The van der Waals surface area contributed by atoms with Crippen LogP contribution in [0, 0.1) is 11.8 Å². The molecule has 0 spiro atoms. The first-order chi connectivity index (χ1) is 12.3. The van der Waals surface area contributed by atoms with Gasteiger partial charge >= 0.3 is 5.97 Å². The molecule has 0 bridgehead atoms. The standard InChI is InChI=1S/C16H21Cl2N3O5/c1-5-26-16(24)9(6-19-10(7-22)8(2)3)12(23)11-13(17)21-15(25-4)14(18)20-11/h6,8-10,22H,5,7H2,1-4H3/t9?,10-/m1/s1. The van der Waals surface area contributed by atoms with Gasteiger partial charge in [-0.05, 0) is 12.8 Å². The molecule has 1 heterocycles. The summed E-state index contributed by atoms with van der Waals surface area (Å²) in [5.74, 6) is -3.01. The van der Waals surface area contributed by atoms with Gasteiger partial charge in [-0.15, -0.1) is 0 Å². The topological polar surface area (TPSA) is 111 Å². The van der Waals surface area contributed by atoms with E-state index in [-0.39, 0.29) is 41.0 Å². The fourth-order valence-electron chi connectivity index (χ4n) is 1.91. The fraction of sp³-hybridized carbons (Fsp3) is 0.562. The summed E-state index contributed by atoms with van der Waals surface area (Å²) in [7, 11) is 1.32. The van der Waals surface area contributed by atoms with Gasteiger partial charge < -0.3 is 14.6 Å². The van der Waals surface area contributed by atoms with Gasteiger partial charge in [0.15, 0.2) is 16.2 Å². The molecule has 26 heavy (non-hydrogen) atoms. The third kappa shape index (κ3) is 5.62. The first-order valence-electron chi connectivity index (χ1n) is 7.88. The highest BCUT2D eigenvalue weighted by Crippen LogP contribution is 2.25. The lowest BCUT2D eigenvalue weighted by atomic mass is 10.0. The molecule has 10 heteroatoms. The van der Waals surface area contributed by atoms with Crippen molar-refractivity contribution < 1.29 is 24.2 Å². The number of esters is 1. The molecule has 1 rings (SSSR count). The predicted molar refractivity (Wildman–Crippen MR) is 97.3 cm³/mol. The Labute approximate surface area is 161 Å². The lowest BCUT2D eigenvalue weighted by molar-refractivity contribution is -0.144.